The number of phosphoric acid groups is 1. The number of ether oxygens (including phenoxy) is 2. The molecule has 1 aromatic rings. The van der Waals surface area contributed by atoms with E-state index < -0.39 is 32.5 Å². The van der Waals surface area contributed by atoms with Crippen molar-refractivity contribution in [2.45, 2.75) is 19.4 Å². The van der Waals surface area contributed by atoms with Gasteiger partial charge >= 0.3 is 19.8 Å². The smallest absolute Gasteiger partial charge is 0.459 e. The second kappa shape index (κ2) is 9.99. The summed E-state index contributed by atoms with van der Waals surface area (Å²) in [7, 11) is -4.92. The molecule has 0 heterocycles. The largest absolute Gasteiger partial charge is 0.470 e. The van der Waals surface area contributed by atoms with E-state index >= 15 is 0 Å². The number of esters is 2. The van der Waals surface area contributed by atoms with Crippen molar-refractivity contribution in [2.24, 2.45) is 0 Å². The fourth-order valence-corrected chi connectivity index (χ4v) is 2.60. The van der Waals surface area contributed by atoms with Gasteiger partial charge in [-0.2, -0.15) is 0 Å². The lowest BCUT2D eigenvalue weighted by atomic mass is 9.99. The van der Waals surface area contributed by atoms with E-state index in [9.17, 15) is 23.9 Å². The Bertz CT molecular complexity index is 793. The highest BCUT2D eigenvalue weighted by Crippen LogP contribution is 2.44. The summed E-state index contributed by atoms with van der Waals surface area (Å²) >= 11 is 0. The van der Waals surface area contributed by atoms with Gasteiger partial charge in [-0.25, -0.2) is 14.2 Å². The van der Waals surface area contributed by atoms with Crippen LogP contribution < -0.4 is 4.74 Å². The van der Waals surface area contributed by atoms with Crippen molar-refractivity contribution in [3.05, 3.63) is 66.8 Å². The standard InChI is InChI=1S/C18H21O8P/c1-5-8-13-14(9-7-10-15(13)25-18(20)12(3)4)16(26-27(21,22)23)11-24-17(19)6-2/h5-7,9-10,16H,1-3,8,11H2,4H3,(H2,21,22,23). The Hall–Kier alpha value is -2.51. The summed E-state index contributed by atoms with van der Waals surface area (Å²) in [6, 6.07) is 4.53. The van der Waals surface area contributed by atoms with Crippen molar-refractivity contribution in [3.63, 3.8) is 0 Å². The van der Waals surface area contributed by atoms with Crippen LogP contribution in [-0.4, -0.2) is 28.3 Å². The molecule has 0 fully saturated rings. The van der Waals surface area contributed by atoms with Crippen molar-refractivity contribution < 1.29 is 37.9 Å². The Kier molecular flexibility index (Phi) is 8.33. The van der Waals surface area contributed by atoms with E-state index in [1.807, 2.05) is 0 Å². The van der Waals surface area contributed by atoms with E-state index in [2.05, 4.69) is 19.7 Å². The number of phosphoric ester groups is 1. The van der Waals surface area contributed by atoms with Crippen molar-refractivity contribution in [2.75, 3.05) is 6.61 Å². The molecule has 2 N–H and O–H groups in total. The molecular weight excluding hydrogens is 375 g/mol. The van der Waals surface area contributed by atoms with Crippen LogP contribution in [0.2, 0.25) is 0 Å². The molecule has 0 saturated heterocycles. The number of hydrogen-bond donors (Lipinski definition) is 2. The Labute approximate surface area is 157 Å². The zero-order valence-electron chi connectivity index (χ0n) is 14.8. The molecule has 1 atom stereocenters. The lowest BCUT2D eigenvalue weighted by Gasteiger charge is -2.22. The summed E-state index contributed by atoms with van der Waals surface area (Å²) in [5.74, 6) is -1.30. The minimum atomic E-state index is -4.92. The highest BCUT2D eigenvalue weighted by atomic mass is 31.2. The first-order valence-electron chi connectivity index (χ1n) is 7.72. The fraction of sp³-hybridized carbons (Fsp3) is 0.222. The quantitative estimate of drug-likeness (QED) is 0.204. The molecule has 1 aromatic carbocycles. The zero-order chi connectivity index (χ0) is 20.6. The molecule has 146 valence electrons. The predicted octanol–water partition coefficient (Wildman–Crippen LogP) is 2.78. The van der Waals surface area contributed by atoms with E-state index in [1.165, 1.54) is 31.2 Å². The van der Waals surface area contributed by atoms with Crippen molar-refractivity contribution in [3.8, 4) is 5.75 Å². The Morgan fingerprint density at radius 3 is 2.48 bits per heavy atom. The molecule has 0 aromatic heterocycles. The lowest BCUT2D eigenvalue weighted by molar-refractivity contribution is -0.140. The number of rotatable bonds is 10. The molecule has 0 radical (unpaired) electrons. The van der Waals surface area contributed by atoms with Crippen LogP contribution in [0.1, 0.15) is 24.2 Å². The monoisotopic (exact) mass is 396 g/mol. The third-order valence-corrected chi connectivity index (χ3v) is 3.75. The molecule has 0 aliphatic rings. The van der Waals surface area contributed by atoms with Crippen molar-refractivity contribution in [1.29, 1.82) is 0 Å². The van der Waals surface area contributed by atoms with E-state index in [1.54, 1.807) is 0 Å². The third kappa shape index (κ3) is 7.32. The number of carbonyl (C=O) groups is 2. The highest BCUT2D eigenvalue weighted by Gasteiger charge is 2.28. The molecule has 0 saturated carbocycles. The summed E-state index contributed by atoms with van der Waals surface area (Å²) in [5.41, 5.74) is 0.838. The minimum absolute atomic E-state index is 0.148. The molecule has 9 heteroatoms. The molecule has 1 rings (SSSR count). The van der Waals surface area contributed by atoms with E-state index in [0.717, 1.165) is 6.08 Å². The van der Waals surface area contributed by atoms with E-state index in [4.69, 9.17) is 14.0 Å². The maximum atomic E-state index is 11.8. The number of carbonyl (C=O) groups excluding carboxylic acids is 2. The molecule has 0 spiro atoms. The summed E-state index contributed by atoms with van der Waals surface area (Å²) < 4.78 is 26.3. The Balaban J connectivity index is 3.36. The molecule has 27 heavy (non-hydrogen) atoms. The Morgan fingerprint density at radius 2 is 1.96 bits per heavy atom. The molecule has 0 aliphatic heterocycles. The van der Waals surface area contributed by atoms with Crippen LogP contribution in [0.25, 0.3) is 0 Å². The molecular formula is C18H21O8P. The normalized spacial score (nSPS) is 12.0. The average Bonchev–Trinajstić information content (AvgIpc) is 2.58. The SMILES string of the molecule is C=CCc1c(OC(=O)C(=C)C)cccc1C(COC(=O)C=C)OP(=O)(O)O. The van der Waals surface area contributed by atoms with Gasteiger partial charge in [-0.3, -0.25) is 4.52 Å². The zero-order valence-corrected chi connectivity index (χ0v) is 15.7. The van der Waals surface area contributed by atoms with Crippen LogP contribution in [-0.2, 0) is 29.8 Å². The predicted molar refractivity (Wildman–Crippen MR) is 97.8 cm³/mol. The number of benzene rings is 1. The van der Waals surface area contributed by atoms with E-state index in [-0.39, 0.29) is 23.3 Å². The second-order valence-electron chi connectivity index (χ2n) is 5.41. The molecule has 0 aliphatic carbocycles. The highest BCUT2D eigenvalue weighted by molar-refractivity contribution is 7.46. The molecule has 1 unspecified atom stereocenters. The van der Waals surface area contributed by atoms with Crippen LogP contribution in [0, 0.1) is 0 Å². The minimum Gasteiger partial charge on any atom is -0.459 e. The van der Waals surface area contributed by atoms with Crippen LogP contribution in [0.5, 0.6) is 5.75 Å². The first-order chi connectivity index (χ1) is 12.6. The maximum Gasteiger partial charge on any atom is 0.470 e. The fourth-order valence-electron chi connectivity index (χ4n) is 2.09. The second-order valence-corrected chi connectivity index (χ2v) is 6.60. The van der Waals surface area contributed by atoms with Crippen molar-refractivity contribution >= 4 is 19.8 Å². The summed E-state index contributed by atoms with van der Waals surface area (Å²) in [6.07, 6.45) is 1.31. The Morgan fingerprint density at radius 1 is 1.30 bits per heavy atom. The van der Waals surface area contributed by atoms with Gasteiger partial charge in [0, 0.05) is 17.2 Å². The van der Waals surface area contributed by atoms with Gasteiger partial charge in [0.1, 0.15) is 18.5 Å². The molecule has 8 nitrogen and oxygen atoms in total. The average molecular weight is 396 g/mol. The first kappa shape index (κ1) is 22.5. The van der Waals surface area contributed by atoms with Gasteiger partial charge in [-0.05, 0) is 25.0 Å². The third-order valence-electron chi connectivity index (χ3n) is 3.22. The summed E-state index contributed by atoms with van der Waals surface area (Å²) in [6.45, 7) is 11.4. The van der Waals surface area contributed by atoms with Crippen LogP contribution in [0.3, 0.4) is 0 Å². The van der Waals surface area contributed by atoms with Gasteiger partial charge in [0.15, 0.2) is 0 Å². The van der Waals surface area contributed by atoms with Gasteiger partial charge in [0.2, 0.25) is 0 Å². The number of hydrogen-bond acceptors (Lipinski definition) is 6. The van der Waals surface area contributed by atoms with Gasteiger partial charge in [-0.1, -0.05) is 31.4 Å². The molecule has 0 amide bonds. The molecule has 0 bridgehead atoms. The van der Waals surface area contributed by atoms with Crippen LogP contribution in [0.15, 0.2) is 55.7 Å². The summed E-state index contributed by atoms with van der Waals surface area (Å²) in [4.78, 5) is 41.6. The lowest BCUT2D eigenvalue weighted by Crippen LogP contribution is -2.17. The van der Waals surface area contributed by atoms with Crippen molar-refractivity contribution in [1.82, 2.24) is 0 Å². The van der Waals surface area contributed by atoms with Crippen LogP contribution >= 0.6 is 7.82 Å². The van der Waals surface area contributed by atoms with E-state index in [0.29, 0.717) is 5.56 Å². The van der Waals surface area contributed by atoms with Crippen LogP contribution in [0.4, 0.5) is 0 Å². The topological polar surface area (TPSA) is 119 Å². The number of allylic oxidation sites excluding steroid dienone is 1. The van der Waals surface area contributed by atoms with Gasteiger partial charge in [0.05, 0.1) is 0 Å². The summed E-state index contributed by atoms with van der Waals surface area (Å²) in [5, 5.41) is 0. The van der Waals surface area contributed by atoms with Gasteiger partial charge in [0.25, 0.3) is 0 Å². The maximum absolute atomic E-state index is 11.8. The van der Waals surface area contributed by atoms with Gasteiger partial charge in [-0.15, -0.1) is 6.58 Å². The van der Waals surface area contributed by atoms with Gasteiger partial charge < -0.3 is 19.3 Å². The first-order valence-corrected chi connectivity index (χ1v) is 9.25.